The van der Waals surface area contributed by atoms with Crippen molar-refractivity contribution in [2.45, 2.75) is 73.6 Å². The Morgan fingerprint density at radius 3 is 1.97 bits per heavy atom. The van der Waals surface area contributed by atoms with Crippen molar-refractivity contribution in [2.75, 3.05) is 0 Å². The summed E-state index contributed by atoms with van der Waals surface area (Å²) in [5.41, 5.74) is 6.96. The molecular formula is C36H44N+. The predicted molar refractivity (Wildman–Crippen MR) is 160 cm³/mol. The third-order valence-electron chi connectivity index (χ3n) is 6.63. The molecule has 1 heteroatoms. The van der Waals surface area contributed by atoms with Crippen LogP contribution in [0.15, 0.2) is 78.9 Å². The second kappa shape index (κ2) is 10.7. The lowest BCUT2D eigenvalue weighted by Gasteiger charge is -2.23. The fourth-order valence-corrected chi connectivity index (χ4v) is 4.79. The van der Waals surface area contributed by atoms with Gasteiger partial charge in [-0.2, -0.15) is 0 Å². The molecule has 0 saturated heterocycles. The van der Waals surface area contributed by atoms with Gasteiger partial charge in [0.1, 0.15) is 7.05 Å². The van der Waals surface area contributed by atoms with Crippen molar-refractivity contribution >= 4 is 0 Å². The minimum absolute atomic E-state index is 0.0550. The van der Waals surface area contributed by atoms with Crippen LogP contribution < -0.4 is 4.57 Å². The Morgan fingerprint density at radius 1 is 0.838 bits per heavy atom. The van der Waals surface area contributed by atoms with Crippen LogP contribution in [0.3, 0.4) is 0 Å². The molecule has 4 rings (SSSR count). The molecule has 3 aromatic carbocycles. The molecule has 192 valence electrons. The van der Waals surface area contributed by atoms with Crippen LogP contribution in [0.2, 0.25) is 0 Å². The molecule has 0 saturated carbocycles. The number of benzene rings is 3. The van der Waals surface area contributed by atoms with Crippen molar-refractivity contribution in [1.82, 2.24) is 0 Å². The Balaban J connectivity index is 2.05. The zero-order valence-electron chi connectivity index (χ0n) is 29.8. The Hall–Kier alpha value is -3.19. The smallest absolute Gasteiger partial charge is 0.201 e. The summed E-state index contributed by atoms with van der Waals surface area (Å²) in [6, 6.07) is 19.3. The molecule has 0 fully saturated rings. The summed E-state index contributed by atoms with van der Waals surface area (Å²) in [5.74, 6) is -2.11. The number of pyridine rings is 1. The van der Waals surface area contributed by atoms with Crippen molar-refractivity contribution in [3.8, 4) is 33.5 Å². The molecule has 0 aliphatic carbocycles. The third kappa shape index (κ3) is 6.04. The average molecular weight is 497 g/mol. The summed E-state index contributed by atoms with van der Waals surface area (Å²) in [7, 11) is 2.01. The highest BCUT2D eigenvalue weighted by Crippen LogP contribution is 2.40. The summed E-state index contributed by atoms with van der Waals surface area (Å²) in [5, 5.41) is 0. The molecule has 0 spiro atoms. The summed E-state index contributed by atoms with van der Waals surface area (Å²) >= 11 is 0. The van der Waals surface area contributed by atoms with Gasteiger partial charge in [0.15, 0.2) is 6.20 Å². The first-order chi connectivity index (χ1) is 19.6. The molecule has 1 nitrogen and oxygen atoms in total. The Labute approximate surface area is 233 Å². The van der Waals surface area contributed by atoms with Crippen LogP contribution in [-0.4, -0.2) is 0 Å². The molecule has 0 amide bonds. The topological polar surface area (TPSA) is 3.88 Å². The molecule has 1 heterocycles. The van der Waals surface area contributed by atoms with E-state index in [0.29, 0.717) is 27.8 Å². The van der Waals surface area contributed by atoms with E-state index < -0.39 is 23.6 Å². The van der Waals surface area contributed by atoms with Gasteiger partial charge in [0.25, 0.3) is 0 Å². The van der Waals surface area contributed by atoms with Crippen molar-refractivity contribution in [2.24, 2.45) is 12.5 Å². The first kappa shape index (κ1) is 19.9. The van der Waals surface area contributed by atoms with E-state index in [1.807, 2.05) is 92.0 Å². The molecule has 0 aliphatic rings. The summed E-state index contributed by atoms with van der Waals surface area (Å²) in [6.45, 7) is 14.8. The van der Waals surface area contributed by atoms with Gasteiger partial charge in [0.2, 0.25) is 5.69 Å². The quantitative estimate of drug-likeness (QED) is 0.234. The first-order valence-corrected chi connectivity index (χ1v) is 13.0. The second-order valence-corrected chi connectivity index (χ2v) is 11.5. The largest absolute Gasteiger partial charge is 0.213 e. The monoisotopic (exact) mass is 496 g/mol. The predicted octanol–water partition coefficient (Wildman–Crippen LogP) is 9.66. The van der Waals surface area contributed by atoms with Crippen molar-refractivity contribution in [3.63, 3.8) is 0 Å². The van der Waals surface area contributed by atoms with Crippen LogP contribution in [-0.2, 0) is 13.4 Å². The Morgan fingerprint density at radius 2 is 1.43 bits per heavy atom. The van der Waals surface area contributed by atoms with Gasteiger partial charge in [-0.25, -0.2) is 4.57 Å². The average Bonchev–Trinajstić information content (AvgIpc) is 2.87. The van der Waals surface area contributed by atoms with Crippen LogP contribution in [0.1, 0.15) is 90.7 Å². The van der Waals surface area contributed by atoms with E-state index in [2.05, 4.69) is 29.7 Å². The van der Waals surface area contributed by atoms with Crippen molar-refractivity contribution < 1.29 is 12.8 Å². The molecule has 1 aromatic heterocycles. The van der Waals surface area contributed by atoms with Crippen LogP contribution in [0.25, 0.3) is 33.5 Å². The maximum atomic E-state index is 9.20. The van der Waals surface area contributed by atoms with Gasteiger partial charge >= 0.3 is 0 Å². The number of rotatable bonds is 6. The zero-order valence-corrected chi connectivity index (χ0v) is 23.8. The van der Waals surface area contributed by atoms with E-state index in [4.69, 9.17) is 5.48 Å². The van der Waals surface area contributed by atoms with E-state index in [0.717, 1.165) is 27.9 Å². The van der Waals surface area contributed by atoms with E-state index >= 15 is 0 Å². The van der Waals surface area contributed by atoms with E-state index in [9.17, 15) is 2.74 Å². The summed E-state index contributed by atoms with van der Waals surface area (Å²) < 4.78 is 55.7. The lowest BCUT2D eigenvalue weighted by Crippen LogP contribution is -2.30. The molecule has 37 heavy (non-hydrogen) atoms. The number of hydrogen-bond donors (Lipinski definition) is 0. The lowest BCUT2D eigenvalue weighted by molar-refractivity contribution is -0.660. The van der Waals surface area contributed by atoms with Crippen molar-refractivity contribution in [1.29, 1.82) is 0 Å². The van der Waals surface area contributed by atoms with Crippen molar-refractivity contribution in [3.05, 3.63) is 101 Å². The fraction of sp³-hybridized carbons (Fsp3) is 0.361. The minimum atomic E-state index is -1.73. The lowest BCUT2D eigenvalue weighted by atomic mass is 9.82. The Kier molecular flexibility index (Phi) is 5.72. The third-order valence-corrected chi connectivity index (χ3v) is 6.63. The maximum absolute atomic E-state index is 9.20. The number of aryl methyl sites for hydroxylation is 2. The van der Waals surface area contributed by atoms with Gasteiger partial charge < -0.3 is 0 Å². The second-order valence-electron chi connectivity index (χ2n) is 11.5. The van der Waals surface area contributed by atoms with Crippen LogP contribution in [0.4, 0.5) is 0 Å². The standard InChI is InChI=1S/C36H44N/c1-24(2)32-20-30(28-16-14-27(15-17-28)23-36(6,7)8)21-33(25(3)4)35(32)29-18-19-37(9)34(22-29)31-13-11-10-12-26(31)5/h10-22,24-25H,23H2,1-9H3/q+1/i16D,17D,23D2,24D,25D. The van der Waals surface area contributed by atoms with Crippen LogP contribution >= 0.6 is 0 Å². The van der Waals surface area contributed by atoms with Gasteiger partial charge in [0.05, 0.1) is 2.74 Å². The van der Waals surface area contributed by atoms with E-state index in [-0.39, 0.29) is 12.1 Å². The first-order valence-electron chi connectivity index (χ1n) is 16.0. The molecular weight excluding hydrogens is 446 g/mol. The SMILES string of the molecule is [2H]c1cc(C([2H])([2H])C(C)(C)C)cc([2H])c1-c1cc(C([2H])(C)C)c(-c2cc[n+](C)c(-c3ccccc3C)c2)c(C([2H])(C)C)c1. The van der Waals surface area contributed by atoms with Gasteiger partial charge in [-0.1, -0.05) is 103 Å². The summed E-state index contributed by atoms with van der Waals surface area (Å²) in [6.07, 6.45) is 0.278. The highest BCUT2D eigenvalue weighted by molar-refractivity contribution is 5.80. The van der Waals surface area contributed by atoms with Gasteiger partial charge in [-0.05, 0) is 81.1 Å². The molecule has 0 bridgehead atoms. The highest BCUT2D eigenvalue weighted by atomic mass is 14.9. The molecule has 0 atom stereocenters. The fourth-order valence-electron chi connectivity index (χ4n) is 4.79. The van der Waals surface area contributed by atoms with Gasteiger partial charge in [-0.15, -0.1) is 0 Å². The van der Waals surface area contributed by atoms with Crippen LogP contribution in [0, 0.1) is 12.3 Å². The summed E-state index contributed by atoms with van der Waals surface area (Å²) in [4.78, 5) is 0. The minimum Gasteiger partial charge on any atom is -0.201 e. The number of nitrogens with zero attached hydrogens (tertiary/aromatic N) is 1. The van der Waals surface area contributed by atoms with Gasteiger partial charge in [0, 0.05) is 23.2 Å². The van der Waals surface area contributed by atoms with E-state index in [1.54, 1.807) is 0 Å². The molecule has 4 aromatic rings. The zero-order chi connectivity index (χ0) is 32.3. The van der Waals surface area contributed by atoms with Crippen LogP contribution in [0.5, 0.6) is 0 Å². The normalized spacial score (nSPS) is 15.3. The Bertz CT molecular complexity index is 1630. The van der Waals surface area contributed by atoms with Gasteiger partial charge in [-0.3, -0.25) is 0 Å². The maximum Gasteiger partial charge on any atom is 0.213 e. The molecule has 0 N–H and O–H groups in total. The highest BCUT2D eigenvalue weighted by Gasteiger charge is 2.21. The number of hydrogen-bond acceptors (Lipinski definition) is 0. The number of aromatic nitrogens is 1. The molecule has 0 aliphatic heterocycles. The molecule has 0 radical (unpaired) electrons. The van der Waals surface area contributed by atoms with E-state index in [1.165, 1.54) is 12.1 Å². The molecule has 0 unspecified atom stereocenters.